The monoisotopic (exact) mass is 470 g/mol. The fraction of sp³-hybridized carbons (Fsp3) is 0.231. The number of benzene rings is 1. The number of carbonyl (C=O) groups excluding carboxylic acids is 1. The van der Waals surface area contributed by atoms with Gasteiger partial charge in [-0.25, -0.2) is 18.7 Å². The number of likely N-dealkylation sites (tertiary alicyclic amines) is 1. The van der Waals surface area contributed by atoms with Crippen molar-refractivity contribution in [2.75, 3.05) is 13.1 Å². The Hall–Kier alpha value is -4.27. The molecule has 35 heavy (non-hydrogen) atoms. The van der Waals surface area contributed by atoms with Crippen molar-refractivity contribution >= 4 is 22.6 Å². The lowest BCUT2D eigenvalue weighted by molar-refractivity contribution is 0.0679. The minimum atomic E-state index is -0.381. The van der Waals surface area contributed by atoms with Gasteiger partial charge in [0, 0.05) is 37.5 Å². The number of rotatable bonds is 3. The summed E-state index contributed by atoms with van der Waals surface area (Å²) in [5, 5.41) is 4.41. The Morgan fingerprint density at radius 3 is 2.71 bits per heavy atom. The van der Waals surface area contributed by atoms with Gasteiger partial charge in [0.25, 0.3) is 5.91 Å². The number of nitrogens with zero attached hydrogens (tertiary/aromatic N) is 6. The third-order valence-corrected chi connectivity index (χ3v) is 6.78. The van der Waals surface area contributed by atoms with Crippen LogP contribution in [0.2, 0.25) is 0 Å². The molecule has 1 saturated heterocycles. The van der Waals surface area contributed by atoms with Gasteiger partial charge in [0.15, 0.2) is 5.65 Å². The average Bonchev–Trinajstić information content (AvgIpc) is 3.43. The lowest BCUT2D eigenvalue weighted by Crippen LogP contribution is -2.43. The molecule has 0 spiro atoms. The van der Waals surface area contributed by atoms with Gasteiger partial charge in [-0.1, -0.05) is 6.07 Å². The number of halogens is 1. The number of aryl methyl sites for hydroxylation is 1. The van der Waals surface area contributed by atoms with Gasteiger partial charge in [-0.2, -0.15) is 5.10 Å². The quantitative estimate of drug-likeness (QED) is 0.403. The molecule has 1 fully saturated rings. The number of imidazole rings is 1. The maximum Gasteiger partial charge on any atom is 0.330 e. The Balaban J connectivity index is 1.40. The Bertz CT molecular complexity index is 1630. The highest BCUT2D eigenvalue weighted by atomic mass is 19.1. The smallest absolute Gasteiger partial charge is 0.330 e. The first-order valence-corrected chi connectivity index (χ1v) is 11.6. The van der Waals surface area contributed by atoms with Crippen LogP contribution in [-0.4, -0.2) is 47.6 Å². The zero-order valence-electron chi connectivity index (χ0n) is 19.1. The molecule has 1 amide bonds. The maximum atomic E-state index is 13.3. The fourth-order valence-electron chi connectivity index (χ4n) is 4.97. The average molecular weight is 471 g/mol. The van der Waals surface area contributed by atoms with Gasteiger partial charge in [-0.15, -0.1) is 0 Å². The molecule has 4 aromatic heterocycles. The van der Waals surface area contributed by atoms with Gasteiger partial charge >= 0.3 is 5.69 Å². The summed E-state index contributed by atoms with van der Waals surface area (Å²) in [6.07, 6.45) is 5.17. The second-order valence-corrected chi connectivity index (χ2v) is 8.89. The molecule has 0 N–H and O–H groups in total. The molecule has 5 heterocycles. The molecule has 1 aromatic carbocycles. The zero-order chi connectivity index (χ0) is 24.1. The predicted molar refractivity (Wildman–Crippen MR) is 130 cm³/mol. The second kappa shape index (κ2) is 8.19. The highest BCUT2D eigenvalue weighted by Crippen LogP contribution is 2.28. The molecule has 1 aliphatic rings. The van der Waals surface area contributed by atoms with Crippen LogP contribution in [0.1, 0.15) is 29.2 Å². The van der Waals surface area contributed by atoms with Crippen molar-refractivity contribution in [3.05, 3.63) is 88.9 Å². The van der Waals surface area contributed by atoms with Gasteiger partial charge in [-0.05, 0) is 61.4 Å². The van der Waals surface area contributed by atoms with Crippen molar-refractivity contribution in [2.45, 2.75) is 18.9 Å². The predicted octanol–water partition coefficient (Wildman–Crippen LogP) is 3.67. The van der Waals surface area contributed by atoms with Crippen LogP contribution in [0.15, 0.2) is 71.8 Å². The van der Waals surface area contributed by atoms with Gasteiger partial charge in [-0.3, -0.25) is 13.9 Å². The standard InChI is InChI=1S/C26H23FN6O2/c1-30-23-12-11-21(20-15-28-32-14-3-2-6-22(20)32)29-24(23)33(26(30)35)19-5-4-13-31(16-19)25(34)17-7-9-18(27)10-8-17/h2-3,6-12,14-15,19H,4-5,13,16H2,1H3/t19-/m0/s1. The van der Waals surface area contributed by atoms with Crippen LogP contribution in [0.25, 0.3) is 27.9 Å². The largest absolute Gasteiger partial charge is 0.337 e. The van der Waals surface area contributed by atoms with E-state index in [1.54, 1.807) is 31.8 Å². The summed E-state index contributed by atoms with van der Waals surface area (Å²) in [5.74, 6) is -0.545. The Morgan fingerprint density at radius 1 is 1.06 bits per heavy atom. The third kappa shape index (κ3) is 3.51. The van der Waals surface area contributed by atoms with E-state index in [0.29, 0.717) is 24.3 Å². The fourth-order valence-corrected chi connectivity index (χ4v) is 4.97. The first-order chi connectivity index (χ1) is 17.0. The maximum absolute atomic E-state index is 13.3. The van der Waals surface area contributed by atoms with Crippen LogP contribution in [0.4, 0.5) is 4.39 Å². The van der Waals surface area contributed by atoms with Gasteiger partial charge in [0.05, 0.1) is 29.0 Å². The van der Waals surface area contributed by atoms with Crippen LogP contribution in [0, 0.1) is 5.82 Å². The number of carbonyl (C=O) groups is 1. The summed E-state index contributed by atoms with van der Waals surface area (Å²) in [7, 11) is 1.74. The lowest BCUT2D eigenvalue weighted by Gasteiger charge is -2.33. The molecule has 8 nitrogen and oxygen atoms in total. The summed E-state index contributed by atoms with van der Waals surface area (Å²) in [5.41, 5.74) is 4.14. The molecular weight excluding hydrogens is 447 g/mol. The molecule has 0 unspecified atom stereocenters. The minimum Gasteiger partial charge on any atom is -0.337 e. The number of fused-ring (bicyclic) bond motifs is 2. The summed E-state index contributed by atoms with van der Waals surface area (Å²) >= 11 is 0. The van der Waals surface area contributed by atoms with Crippen molar-refractivity contribution < 1.29 is 9.18 Å². The second-order valence-electron chi connectivity index (χ2n) is 8.89. The van der Waals surface area contributed by atoms with Gasteiger partial charge in [0.1, 0.15) is 5.82 Å². The molecular formula is C26H23FN6O2. The number of aromatic nitrogens is 5. The van der Waals surface area contributed by atoms with Gasteiger partial charge < -0.3 is 4.90 Å². The highest BCUT2D eigenvalue weighted by molar-refractivity contribution is 5.94. The van der Waals surface area contributed by atoms with E-state index >= 15 is 0 Å². The first kappa shape index (κ1) is 21.3. The van der Waals surface area contributed by atoms with Crippen LogP contribution < -0.4 is 5.69 Å². The van der Waals surface area contributed by atoms with E-state index < -0.39 is 0 Å². The van der Waals surface area contributed by atoms with E-state index in [0.717, 1.165) is 35.1 Å². The molecule has 5 aromatic rings. The number of pyridine rings is 2. The van der Waals surface area contributed by atoms with E-state index in [1.165, 1.54) is 24.3 Å². The third-order valence-electron chi connectivity index (χ3n) is 6.78. The number of hydrogen-bond donors (Lipinski definition) is 0. The van der Waals surface area contributed by atoms with Crippen LogP contribution in [0.3, 0.4) is 0 Å². The molecule has 1 aliphatic heterocycles. The van der Waals surface area contributed by atoms with Crippen LogP contribution in [0.5, 0.6) is 0 Å². The van der Waals surface area contributed by atoms with Crippen LogP contribution >= 0.6 is 0 Å². The Kier molecular flexibility index (Phi) is 4.98. The molecule has 6 rings (SSSR count). The van der Waals surface area contributed by atoms with Crippen molar-refractivity contribution in [1.29, 1.82) is 0 Å². The summed E-state index contributed by atoms with van der Waals surface area (Å²) in [6, 6.07) is 15.0. The normalized spacial score (nSPS) is 16.3. The van der Waals surface area contributed by atoms with E-state index in [1.807, 2.05) is 36.5 Å². The van der Waals surface area contributed by atoms with E-state index in [2.05, 4.69) is 5.10 Å². The number of hydrogen-bond acceptors (Lipinski definition) is 4. The molecule has 9 heteroatoms. The molecule has 0 saturated carbocycles. The van der Waals surface area contributed by atoms with Crippen molar-refractivity contribution in [3.63, 3.8) is 0 Å². The molecule has 0 aliphatic carbocycles. The lowest BCUT2D eigenvalue weighted by atomic mass is 10.0. The first-order valence-electron chi connectivity index (χ1n) is 11.6. The van der Waals surface area contributed by atoms with Crippen LogP contribution in [-0.2, 0) is 7.05 Å². The SMILES string of the molecule is Cn1c(=O)n([C@H]2CCCN(C(=O)c3ccc(F)cc3)C2)c2nc(-c3cnn4ccccc34)ccc21. The van der Waals surface area contributed by atoms with E-state index in [-0.39, 0.29) is 23.5 Å². The molecule has 1 atom stereocenters. The van der Waals surface area contributed by atoms with E-state index in [9.17, 15) is 14.0 Å². The molecule has 0 bridgehead atoms. The van der Waals surface area contributed by atoms with E-state index in [4.69, 9.17) is 4.98 Å². The Labute approximate surface area is 199 Å². The Morgan fingerprint density at radius 2 is 1.89 bits per heavy atom. The minimum absolute atomic E-state index is 0.161. The molecule has 0 radical (unpaired) electrons. The van der Waals surface area contributed by atoms with Gasteiger partial charge in [0.2, 0.25) is 0 Å². The zero-order valence-corrected chi connectivity index (χ0v) is 19.1. The molecule has 176 valence electrons. The number of amides is 1. The summed E-state index contributed by atoms with van der Waals surface area (Å²) in [6.45, 7) is 0.977. The summed E-state index contributed by atoms with van der Waals surface area (Å²) in [4.78, 5) is 33.0. The van der Waals surface area contributed by atoms with Crippen molar-refractivity contribution in [1.82, 2.24) is 28.6 Å². The number of piperidine rings is 1. The van der Waals surface area contributed by atoms with Crippen molar-refractivity contribution in [2.24, 2.45) is 7.05 Å². The van der Waals surface area contributed by atoms with Crippen molar-refractivity contribution in [3.8, 4) is 11.3 Å². The topological polar surface area (TPSA) is 77.4 Å². The highest BCUT2D eigenvalue weighted by Gasteiger charge is 2.29. The summed E-state index contributed by atoms with van der Waals surface area (Å²) < 4.78 is 18.4.